The van der Waals surface area contributed by atoms with Crippen molar-refractivity contribution in [3.05, 3.63) is 0 Å². The van der Waals surface area contributed by atoms with Gasteiger partial charge in [-0.05, 0) is 13.8 Å². The minimum absolute atomic E-state index is 0.173. The van der Waals surface area contributed by atoms with Crippen molar-refractivity contribution in [3.63, 3.8) is 0 Å². The van der Waals surface area contributed by atoms with Crippen LogP contribution in [0.2, 0.25) is 0 Å². The Morgan fingerprint density at radius 3 is 1.36 bits per heavy atom. The molecule has 2 atom stereocenters. The van der Waals surface area contributed by atoms with Crippen LogP contribution >= 0.6 is 0 Å². The van der Waals surface area contributed by atoms with Gasteiger partial charge < -0.3 is 19.9 Å². The SMILES string of the molecule is CO[C@@]1(C)C(=N/O)/C(=N\O)[C@@]1(C)OC. The van der Waals surface area contributed by atoms with Crippen LogP contribution in [0.25, 0.3) is 0 Å². The van der Waals surface area contributed by atoms with Gasteiger partial charge in [0.05, 0.1) is 0 Å². The summed E-state index contributed by atoms with van der Waals surface area (Å²) < 4.78 is 10.4. The fourth-order valence-electron chi connectivity index (χ4n) is 1.71. The standard InChI is InChI=1S/C8H14N2O4/c1-7(13-3)5(9-11)6(10-12)8(7,2)14-4/h11-12H,1-4H3/b9-5+,10-6+/t7-,8+. The zero-order valence-corrected chi connectivity index (χ0v) is 8.61. The Kier molecular flexibility index (Phi) is 2.51. The molecule has 0 aromatic carbocycles. The molecule has 0 heterocycles. The smallest absolute Gasteiger partial charge is 0.147 e. The van der Waals surface area contributed by atoms with Gasteiger partial charge in [0.15, 0.2) is 0 Å². The predicted molar refractivity (Wildman–Crippen MR) is 49.3 cm³/mol. The predicted octanol–water partition coefficient (Wildman–Crippen LogP) is 0.471. The van der Waals surface area contributed by atoms with E-state index in [-0.39, 0.29) is 11.4 Å². The van der Waals surface area contributed by atoms with Crippen LogP contribution in [0.15, 0.2) is 10.3 Å². The van der Waals surface area contributed by atoms with Crippen molar-refractivity contribution in [1.29, 1.82) is 0 Å². The van der Waals surface area contributed by atoms with E-state index in [0.717, 1.165) is 0 Å². The third-order valence-corrected chi connectivity index (χ3v) is 3.05. The third kappa shape index (κ3) is 0.921. The molecule has 1 saturated carbocycles. The van der Waals surface area contributed by atoms with Crippen LogP contribution in [0.5, 0.6) is 0 Å². The first kappa shape index (κ1) is 10.9. The lowest BCUT2D eigenvalue weighted by Crippen LogP contribution is -2.76. The lowest BCUT2D eigenvalue weighted by atomic mass is 9.63. The zero-order valence-electron chi connectivity index (χ0n) is 8.61. The Morgan fingerprint density at radius 1 is 0.929 bits per heavy atom. The molecule has 14 heavy (non-hydrogen) atoms. The van der Waals surface area contributed by atoms with Gasteiger partial charge in [-0.25, -0.2) is 0 Å². The summed E-state index contributed by atoms with van der Waals surface area (Å²) in [6.07, 6.45) is 0. The lowest BCUT2D eigenvalue weighted by molar-refractivity contribution is -0.105. The average Bonchev–Trinajstić information content (AvgIpc) is 2.22. The van der Waals surface area contributed by atoms with Crippen molar-refractivity contribution in [1.82, 2.24) is 0 Å². The summed E-state index contributed by atoms with van der Waals surface area (Å²) in [6, 6.07) is 0. The Bertz CT molecular complexity index is 272. The highest BCUT2D eigenvalue weighted by molar-refractivity contribution is 6.56. The number of hydrogen-bond donors (Lipinski definition) is 2. The first-order valence-corrected chi connectivity index (χ1v) is 4.07. The monoisotopic (exact) mass is 202 g/mol. The van der Waals surface area contributed by atoms with Crippen molar-refractivity contribution in [2.45, 2.75) is 25.0 Å². The molecular weight excluding hydrogens is 188 g/mol. The molecular formula is C8H14N2O4. The Hall–Kier alpha value is -1.14. The summed E-state index contributed by atoms with van der Waals surface area (Å²) in [5.74, 6) is 0. The number of hydrogen-bond acceptors (Lipinski definition) is 6. The highest BCUT2D eigenvalue weighted by Crippen LogP contribution is 2.42. The quantitative estimate of drug-likeness (QED) is 0.503. The van der Waals surface area contributed by atoms with Crippen molar-refractivity contribution in [3.8, 4) is 0 Å². The second-order valence-electron chi connectivity index (χ2n) is 3.37. The van der Waals surface area contributed by atoms with Gasteiger partial charge in [-0.1, -0.05) is 10.3 Å². The maximum atomic E-state index is 8.74. The largest absolute Gasteiger partial charge is 0.410 e. The van der Waals surface area contributed by atoms with Gasteiger partial charge in [0, 0.05) is 14.2 Å². The second-order valence-corrected chi connectivity index (χ2v) is 3.37. The fraction of sp³-hybridized carbons (Fsp3) is 0.750. The number of rotatable bonds is 2. The van der Waals surface area contributed by atoms with Crippen LogP contribution < -0.4 is 0 Å². The van der Waals surface area contributed by atoms with Gasteiger partial charge in [0.1, 0.15) is 22.6 Å². The molecule has 1 aliphatic rings. The van der Waals surface area contributed by atoms with Gasteiger partial charge in [-0.3, -0.25) is 0 Å². The molecule has 0 saturated heterocycles. The molecule has 0 unspecified atom stereocenters. The Labute approximate surface area is 81.8 Å². The summed E-state index contributed by atoms with van der Waals surface area (Å²) in [6.45, 7) is 3.39. The molecule has 0 bridgehead atoms. The minimum Gasteiger partial charge on any atom is -0.410 e. The summed E-state index contributed by atoms with van der Waals surface area (Å²) >= 11 is 0. The third-order valence-electron chi connectivity index (χ3n) is 3.05. The molecule has 6 heteroatoms. The molecule has 2 N–H and O–H groups in total. The highest BCUT2D eigenvalue weighted by Gasteiger charge is 2.66. The van der Waals surface area contributed by atoms with Crippen LogP contribution in [0, 0.1) is 0 Å². The molecule has 0 radical (unpaired) electrons. The van der Waals surface area contributed by atoms with E-state index in [1.54, 1.807) is 13.8 Å². The van der Waals surface area contributed by atoms with E-state index in [0.29, 0.717) is 0 Å². The zero-order chi connectivity index (χ0) is 11.0. The van der Waals surface area contributed by atoms with Crippen molar-refractivity contribution in [2.75, 3.05) is 14.2 Å². The van der Waals surface area contributed by atoms with Crippen LogP contribution in [0.1, 0.15) is 13.8 Å². The number of methoxy groups -OCH3 is 2. The van der Waals surface area contributed by atoms with E-state index in [9.17, 15) is 0 Å². The molecule has 1 rings (SSSR count). The molecule has 0 amide bonds. The Morgan fingerprint density at radius 2 is 1.21 bits per heavy atom. The van der Waals surface area contributed by atoms with Crippen LogP contribution in [0.4, 0.5) is 0 Å². The lowest BCUT2D eigenvalue weighted by Gasteiger charge is -2.52. The summed E-state index contributed by atoms with van der Waals surface area (Å²) in [4.78, 5) is 0. The normalized spacial score (nSPS) is 42.9. The van der Waals surface area contributed by atoms with Gasteiger partial charge in [0.2, 0.25) is 0 Å². The second kappa shape index (κ2) is 3.21. The Balaban J connectivity index is 3.21. The summed E-state index contributed by atoms with van der Waals surface area (Å²) in [7, 11) is 2.94. The van der Waals surface area contributed by atoms with Crippen LogP contribution in [0.3, 0.4) is 0 Å². The molecule has 0 aliphatic heterocycles. The van der Waals surface area contributed by atoms with E-state index < -0.39 is 11.2 Å². The van der Waals surface area contributed by atoms with Crippen molar-refractivity contribution >= 4 is 11.4 Å². The molecule has 0 aromatic heterocycles. The van der Waals surface area contributed by atoms with Crippen LogP contribution in [-0.4, -0.2) is 47.3 Å². The van der Waals surface area contributed by atoms with Gasteiger partial charge >= 0.3 is 0 Å². The maximum absolute atomic E-state index is 8.74. The minimum atomic E-state index is -0.905. The molecule has 80 valence electrons. The first-order valence-electron chi connectivity index (χ1n) is 4.07. The molecule has 1 fully saturated rings. The van der Waals surface area contributed by atoms with E-state index in [1.165, 1.54) is 14.2 Å². The average molecular weight is 202 g/mol. The summed E-state index contributed by atoms with van der Waals surface area (Å²) in [5, 5.41) is 23.6. The number of oxime groups is 2. The molecule has 0 aromatic rings. The van der Waals surface area contributed by atoms with Crippen LogP contribution in [-0.2, 0) is 9.47 Å². The van der Waals surface area contributed by atoms with Gasteiger partial charge in [0.25, 0.3) is 0 Å². The molecule has 1 aliphatic carbocycles. The fourth-order valence-corrected chi connectivity index (χ4v) is 1.71. The molecule has 6 nitrogen and oxygen atoms in total. The summed E-state index contributed by atoms with van der Waals surface area (Å²) in [5.41, 5.74) is -1.46. The molecule has 0 spiro atoms. The van der Waals surface area contributed by atoms with Gasteiger partial charge in [-0.15, -0.1) is 0 Å². The maximum Gasteiger partial charge on any atom is 0.147 e. The van der Waals surface area contributed by atoms with E-state index in [4.69, 9.17) is 19.9 Å². The van der Waals surface area contributed by atoms with Gasteiger partial charge in [-0.2, -0.15) is 0 Å². The van der Waals surface area contributed by atoms with Crippen molar-refractivity contribution in [2.24, 2.45) is 10.3 Å². The van der Waals surface area contributed by atoms with E-state index in [2.05, 4.69) is 10.3 Å². The van der Waals surface area contributed by atoms with E-state index >= 15 is 0 Å². The highest BCUT2D eigenvalue weighted by atomic mass is 16.6. The van der Waals surface area contributed by atoms with Crippen molar-refractivity contribution < 1.29 is 19.9 Å². The first-order chi connectivity index (χ1) is 6.51. The topological polar surface area (TPSA) is 83.6 Å². The number of nitrogens with zero attached hydrogens (tertiary/aromatic N) is 2. The van der Waals surface area contributed by atoms with E-state index in [1.807, 2.05) is 0 Å². The number of ether oxygens (including phenoxy) is 2.